The van der Waals surface area contributed by atoms with Gasteiger partial charge in [0.1, 0.15) is 40.7 Å². The van der Waals surface area contributed by atoms with Crippen LogP contribution in [0, 0.1) is 0 Å². The Labute approximate surface area is 190 Å². The molecule has 0 saturated heterocycles. The van der Waals surface area contributed by atoms with Gasteiger partial charge in [-0.1, -0.05) is 0 Å². The summed E-state index contributed by atoms with van der Waals surface area (Å²) in [5.74, 6) is -0.489. The summed E-state index contributed by atoms with van der Waals surface area (Å²) < 4.78 is 25.7. The summed E-state index contributed by atoms with van der Waals surface area (Å²) in [7, 11) is 5.69. The smallest absolute Gasteiger partial charge is 0.377 e. The summed E-state index contributed by atoms with van der Waals surface area (Å²) in [6, 6.07) is 9.13. The number of rotatable bonds is 13. The first-order valence-electron chi connectivity index (χ1n) is 9.74. The van der Waals surface area contributed by atoms with Gasteiger partial charge in [-0.2, -0.15) is 0 Å². The van der Waals surface area contributed by atoms with Gasteiger partial charge in [0.15, 0.2) is 0 Å². The Bertz CT molecular complexity index is 857. The highest BCUT2D eigenvalue weighted by atomic mass is 17.3. The molecule has 0 bridgehead atoms. The van der Waals surface area contributed by atoms with Crippen molar-refractivity contribution in [2.24, 2.45) is 0 Å². The molecule has 2 aromatic rings. The second kappa shape index (κ2) is 13.1. The van der Waals surface area contributed by atoms with Gasteiger partial charge in [0.25, 0.3) is 6.29 Å². The number of ether oxygens (including phenoxy) is 5. The SMILES string of the molecule is CCOCC(OOC(=O)c1cc(OC)ccc1OC)OOC(=O)c1cc(OC)ccc1OC. The lowest BCUT2D eigenvalue weighted by molar-refractivity contribution is -0.426. The van der Waals surface area contributed by atoms with Crippen molar-refractivity contribution in [2.75, 3.05) is 41.7 Å². The van der Waals surface area contributed by atoms with Crippen LogP contribution in [0.5, 0.6) is 23.0 Å². The molecule has 0 amide bonds. The molecule has 0 aliphatic carbocycles. The molecular weight excluding hydrogens is 440 g/mol. The molecule has 11 nitrogen and oxygen atoms in total. The number of methoxy groups -OCH3 is 4. The largest absolute Gasteiger partial charge is 0.497 e. The quantitative estimate of drug-likeness (QED) is 0.246. The molecule has 0 spiro atoms. The maximum Gasteiger partial charge on any atom is 0.377 e. The Morgan fingerprint density at radius 3 is 1.55 bits per heavy atom. The molecular formula is C22H26O11. The Morgan fingerprint density at radius 2 is 1.18 bits per heavy atom. The monoisotopic (exact) mass is 466 g/mol. The zero-order valence-corrected chi connectivity index (χ0v) is 18.9. The van der Waals surface area contributed by atoms with Gasteiger partial charge >= 0.3 is 11.9 Å². The van der Waals surface area contributed by atoms with Crippen LogP contribution in [0.2, 0.25) is 0 Å². The van der Waals surface area contributed by atoms with Crippen LogP contribution in [0.4, 0.5) is 0 Å². The second-order valence-corrected chi connectivity index (χ2v) is 6.16. The number of hydrogen-bond donors (Lipinski definition) is 0. The van der Waals surface area contributed by atoms with Crippen molar-refractivity contribution >= 4 is 11.9 Å². The minimum atomic E-state index is -1.38. The average molecular weight is 466 g/mol. The van der Waals surface area contributed by atoms with Gasteiger partial charge in [0.05, 0.1) is 28.4 Å². The topological polar surface area (TPSA) is 117 Å². The summed E-state index contributed by atoms with van der Waals surface area (Å²) in [6.07, 6.45) is -1.38. The van der Waals surface area contributed by atoms with E-state index in [2.05, 4.69) is 0 Å². The first-order valence-corrected chi connectivity index (χ1v) is 9.74. The fraction of sp³-hybridized carbons (Fsp3) is 0.364. The van der Waals surface area contributed by atoms with Gasteiger partial charge < -0.3 is 23.7 Å². The van der Waals surface area contributed by atoms with Crippen molar-refractivity contribution < 1.29 is 52.8 Å². The molecule has 0 aliphatic rings. The number of benzene rings is 2. The van der Waals surface area contributed by atoms with Crippen molar-refractivity contribution in [1.82, 2.24) is 0 Å². The van der Waals surface area contributed by atoms with Gasteiger partial charge in [0.2, 0.25) is 0 Å². The van der Waals surface area contributed by atoms with Crippen molar-refractivity contribution in [2.45, 2.75) is 13.2 Å². The van der Waals surface area contributed by atoms with Crippen LogP contribution in [-0.2, 0) is 24.3 Å². The molecule has 0 fully saturated rings. The van der Waals surface area contributed by atoms with Crippen LogP contribution >= 0.6 is 0 Å². The molecule has 180 valence electrons. The molecule has 0 aliphatic heterocycles. The molecule has 0 N–H and O–H groups in total. The lowest BCUT2D eigenvalue weighted by Crippen LogP contribution is -2.27. The maximum atomic E-state index is 12.5. The van der Waals surface area contributed by atoms with E-state index in [4.69, 9.17) is 43.2 Å². The molecule has 33 heavy (non-hydrogen) atoms. The number of carbonyl (C=O) groups excluding carboxylic acids is 2. The van der Waals surface area contributed by atoms with Gasteiger partial charge in [-0.25, -0.2) is 9.59 Å². The molecule has 0 radical (unpaired) electrons. The number of hydrogen-bond acceptors (Lipinski definition) is 11. The van der Waals surface area contributed by atoms with Crippen LogP contribution in [0.1, 0.15) is 27.6 Å². The van der Waals surface area contributed by atoms with Gasteiger partial charge in [0, 0.05) is 6.61 Å². The van der Waals surface area contributed by atoms with Crippen LogP contribution in [0.25, 0.3) is 0 Å². The van der Waals surface area contributed by atoms with Gasteiger partial charge in [-0.3, -0.25) is 9.78 Å². The molecule has 0 unspecified atom stereocenters. The van der Waals surface area contributed by atoms with Crippen molar-refractivity contribution in [3.8, 4) is 23.0 Å². The first kappa shape index (κ1) is 25.7. The van der Waals surface area contributed by atoms with Crippen molar-refractivity contribution in [3.05, 3.63) is 47.5 Å². The van der Waals surface area contributed by atoms with E-state index in [1.807, 2.05) is 0 Å². The zero-order valence-electron chi connectivity index (χ0n) is 18.9. The average Bonchev–Trinajstić information content (AvgIpc) is 2.86. The Morgan fingerprint density at radius 1 is 0.727 bits per heavy atom. The fourth-order valence-corrected chi connectivity index (χ4v) is 2.52. The summed E-state index contributed by atoms with van der Waals surface area (Å²) in [4.78, 5) is 44.6. The summed E-state index contributed by atoms with van der Waals surface area (Å²) in [6.45, 7) is 1.83. The Kier molecular flexibility index (Phi) is 10.2. The van der Waals surface area contributed by atoms with E-state index in [1.54, 1.807) is 19.1 Å². The third-order valence-corrected chi connectivity index (χ3v) is 4.17. The van der Waals surface area contributed by atoms with Crippen LogP contribution in [0.15, 0.2) is 36.4 Å². The van der Waals surface area contributed by atoms with Gasteiger partial charge in [-0.05, 0) is 43.3 Å². The number of carbonyl (C=O) groups is 2. The minimum Gasteiger partial charge on any atom is -0.497 e. The predicted molar refractivity (Wildman–Crippen MR) is 112 cm³/mol. The van der Waals surface area contributed by atoms with E-state index in [9.17, 15) is 9.59 Å². The Hall–Kier alpha value is -3.54. The van der Waals surface area contributed by atoms with E-state index in [-0.39, 0.29) is 29.2 Å². The zero-order chi connectivity index (χ0) is 24.2. The van der Waals surface area contributed by atoms with Crippen LogP contribution in [0.3, 0.4) is 0 Å². The molecule has 0 heterocycles. The lowest BCUT2D eigenvalue weighted by atomic mass is 10.2. The minimum absolute atomic E-state index is 0.0464. The predicted octanol–water partition coefficient (Wildman–Crippen LogP) is 2.96. The van der Waals surface area contributed by atoms with E-state index in [0.29, 0.717) is 18.1 Å². The normalized spacial score (nSPS) is 10.5. The van der Waals surface area contributed by atoms with E-state index < -0.39 is 18.2 Å². The van der Waals surface area contributed by atoms with Crippen LogP contribution in [-0.4, -0.2) is 59.9 Å². The van der Waals surface area contributed by atoms with Gasteiger partial charge in [-0.15, -0.1) is 9.78 Å². The van der Waals surface area contributed by atoms with E-state index >= 15 is 0 Å². The third-order valence-electron chi connectivity index (χ3n) is 4.17. The van der Waals surface area contributed by atoms with E-state index in [0.717, 1.165) is 0 Å². The lowest BCUT2D eigenvalue weighted by Gasteiger charge is -2.16. The summed E-state index contributed by atoms with van der Waals surface area (Å²) >= 11 is 0. The highest BCUT2D eigenvalue weighted by molar-refractivity contribution is 5.93. The molecule has 2 aromatic carbocycles. The van der Waals surface area contributed by atoms with Crippen molar-refractivity contribution in [1.29, 1.82) is 0 Å². The van der Waals surface area contributed by atoms with Crippen LogP contribution < -0.4 is 18.9 Å². The molecule has 11 heteroatoms. The first-order chi connectivity index (χ1) is 16.0. The summed E-state index contributed by atoms with van der Waals surface area (Å²) in [5, 5.41) is 0. The molecule has 0 saturated carbocycles. The molecule has 0 aromatic heterocycles. The fourth-order valence-electron chi connectivity index (χ4n) is 2.52. The van der Waals surface area contributed by atoms with E-state index in [1.165, 1.54) is 52.7 Å². The Balaban J connectivity index is 2.05. The highest BCUT2D eigenvalue weighted by Crippen LogP contribution is 2.26. The highest BCUT2D eigenvalue weighted by Gasteiger charge is 2.23. The molecule has 0 atom stereocenters. The molecule has 2 rings (SSSR count). The van der Waals surface area contributed by atoms with Crippen molar-refractivity contribution in [3.63, 3.8) is 0 Å². The third kappa shape index (κ3) is 7.24. The second-order valence-electron chi connectivity index (χ2n) is 6.16. The summed E-state index contributed by atoms with van der Waals surface area (Å²) in [5.41, 5.74) is 0.0928. The maximum absolute atomic E-state index is 12.5. The standard InChI is InChI=1S/C22H26O11/c1-6-29-13-20(30-32-21(23)16-11-14(25-2)7-9-18(16)27-4)31-33-22(24)17-12-15(26-3)8-10-19(17)28-5/h7-12,20H,6,13H2,1-5H3.